The summed E-state index contributed by atoms with van der Waals surface area (Å²) in [6.07, 6.45) is 3.00. The maximum atomic E-state index is 12.0. The predicted molar refractivity (Wildman–Crippen MR) is 101 cm³/mol. The van der Waals surface area contributed by atoms with Crippen molar-refractivity contribution in [2.75, 3.05) is 24.2 Å². The highest BCUT2D eigenvalue weighted by atomic mass is 32.2. The van der Waals surface area contributed by atoms with Crippen molar-refractivity contribution >= 4 is 21.2 Å². The van der Waals surface area contributed by atoms with Gasteiger partial charge in [-0.3, -0.25) is 10.1 Å². The van der Waals surface area contributed by atoms with Crippen LogP contribution >= 0.6 is 0 Å². The van der Waals surface area contributed by atoms with Gasteiger partial charge in [0.25, 0.3) is 5.69 Å². The number of nitro benzene ring substituents is 1. The second-order valence-corrected chi connectivity index (χ2v) is 9.01. The maximum absolute atomic E-state index is 12.0. The Hall–Kier alpha value is -2.49. The first-order valence-corrected chi connectivity index (χ1v) is 10.7. The quantitative estimate of drug-likeness (QED) is 0.565. The van der Waals surface area contributed by atoms with Gasteiger partial charge < -0.3 is 4.90 Å². The summed E-state index contributed by atoms with van der Waals surface area (Å²) in [5.74, 6) is 1.96. The van der Waals surface area contributed by atoms with Crippen molar-refractivity contribution in [3.63, 3.8) is 0 Å². The van der Waals surface area contributed by atoms with Gasteiger partial charge in [-0.05, 0) is 44.7 Å². The Bertz CT molecular complexity index is 970. The molecule has 2 heterocycles. The second kappa shape index (κ2) is 7.26. The van der Waals surface area contributed by atoms with Gasteiger partial charge in [0.15, 0.2) is 9.84 Å². The van der Waals surface area contributed by atoms with Gasteiger partial charge in [0, 0.05) is 37.6 Å². The van der Waals surface area contributed by atoms with Crippen LogP contribution in [0.4, 0.5) is 11.4 Å². The number of piperidine rings is 1. The van der Waals surface area contributed by atoms with E-state index in [1.807, 2.05) is 18.5 Å². The number of nitrogens with zero attached hydrogens (tertiary/aromatic N) is 5. The average molecular weight is 393 g/mol. The molecular weight excluding hydrogens is 370 g/mol. The molecule has 0 saturated carbocycles. The molecule has 0 bridgehead atoms. The molecule has 1 aliphatic rings. The van der Waals surface area contributed by atoms with E-state index >= 15 is 0 Å². The first kappa shape index (κ1) is 19.3. The minimum atomic E-state index is -3.70. The fraction of sp³-hybridized carbons (Fsp3) is 0.529. The normalized spacial score (nSPS) is 17.9. The molecule has 1 aliphatic heterocycles. The molecule has 27 heavy (non-hydrogen) atoms. The van der Waals surface area contributed by atoms with E-state index in [4.69, 9.17) is 0 Å². The van der Waals surface area contributed by atoms with Crippen molar-refractivity contribution in [1.29, 1.82) is 0 Å². The van der Waals surface area contributed by atoms with E-state index in [2.05, 4.69) is 15.0 Å². The molecule has 1 aromatic carbocycles. The molecule has 1 saturated heterocycles. The molecule has 1 unspecified atom stereocenters. The van der Waals surface area contributed by atoms with Crippen molar-refractivity contribution in [2.24, 2.45) is 5.92 Å². The number of aryl methyl sites for hydroxylation is 2. The summed E-state index contributed by atoms with van der Waals surface area (Å²) in [7, 11) is -3.70. The van der Waals surface area contributed by atoms with Crippen molar-refractivity contribution < 1.29 is 13.3 Å². The summed E-state index contributed by atoms with van der Waals surface area (Å²) in [5, 5.41) is 15.6. The summed E-state index contributed by atoms with van der Waals surface area (Å²) >= 11 is 0. The van der Waals surface area contributed by atoms with Gasteiger partial charge in [-0.15, -0.1) is 0 Å². The predicted octanol–water partition coefficient (Wildman–Crippen LogP) is 2.12. The van der Waals surface area contributed by atoms with Gasteiger partial charge >= 0.3 is 0 Å². The van der Waals surface area contributed by atoms with Crippen LogP contribution in [-0.4, -0.2) is 47.5 Å². The number of anilines is 1. The zero-order valence-electron chi connectivity index (χ0n) is 15.6. The lowest BCUT2D eigenvalue weighted by molar-refractivity contribution is -0.387. The van der Waals surface area contributed by atoms with E-state index in [1.165, 1.54) is 12.1 Å². The van der Waals surface area contributed by atoms with Gasteiger partial charge in [0.05, 0.1) is 4.92 Å². The number of aromatic nitrogens is 3. The van der Waals surface area contributed by atoms with Gasteiger partial charge in [-0.2, -0.15) is 5.10 Å². The lowest BCUT2D eigenvalue weighted by Crippen LogP contribution is -2.37. The minimum Gasteiger partial charge on any atom is -0.371 e. The van der Waals surface area contributed by atoms with Crippen LogP contribution in [0.3, 0.4) is 0 Å². The molecule has 0 N–H and O–H groups in total. The third-order valence-electron chi connectivity index (χ3n) is 4.82. The molecule has 3 rings (SSSR count). The van der Waals surface area contributed by atoms with E-state index in [1.54, 1.807) is 6.07 Å². The fourth-order valence-electron chi connectivity index (χ4n) is 3.57. The van der Waals surface area contributed by atoms with E-state index in [9.17, 15) is 18.5 Å². The van der Waals surface area contributed by atoms with Crippen molar-refractivity contribution in [2.45, 2.75) is 38.1 Å². The Balaban J connectivity index is 1.83. The monoisotopic (exact) mass is 393 g/mol. The molecule has 10 heteroatoms. The van der Waals surface area contributed by atoms with Gasteiger partial charge in [-0.1, -0.05) is 0 Å². The first-order valence-electron chi connectivity index (χ1n) is 8.76. The lowest BCUT2D eigenvalue weighted by Gasteiger charge is -2.34. The van der Waals surface area contributed by atoms with Crippen molar-refractivity contribution in [3.05, 3.63) is 40.0 Å². The largest absolute Gasteiger partial charge is 0.371 e. The maximum Gasteiger partial charge on any atom is 0.288 e. The van der Waals surface area contributed by atoms with Crippen LogP contribution in [-0.2, 0) is 16.4 Å². The van der Waals surface area contributed by atoms with Gasteiger partial charge in [0.2, 0.25) is 0 Å². The van der Waals surface area contributed by atoms with Crippen LogP contribution in [0.1, 0.15) is 24.5 Å². The highest BCUT2D eigenvalue weighted by molar-refractivity contribution is 7.90. The minimum absolute atomic E-state index is 0.241. The molecule has 1 fully saturated rings. The topological polar surface area (TPSA) is 111 Å². The third kappa shape index (κ3) is 4.26. The van der Waals surface area contributed by atoms with Crippen LogP contribution in [0.5, 0.6) is 0 Å². The number of hydrogen-bond donors (Lipinski definition) is 0. The van der Waals surface area contributed by atoms with Crippen LogP contribution in [0.15, 0.2) is 23.1 Å². The Morgan fingerprint density at radius 2 is 2.07 bits per heavy atom. The number of hydrogen-bond acceptors (Lipinski definition) is 7. The Kier molecular flexibility index (Phi) is 5.18. The average Bonchev–Trinajstić information content (AvgIpc) is 2.91. The zero-order chi connectivity index (χ0) is 19.8. The van der Waals surface area contributed by atoms with E-state index < -0.39 is 14.8 Å². The molecule has 146 valence electrons. The van der Waals surface area contributed by atoms with Gasteiger partial charge in [-0.25, -0.2) is 18.1 Å². The number of benzene rings is 1. The summed E-state index contributed by atoms with van der Waals surface area (Å²) in [6.45, 7) is 6.05. The highest BCUT2D eigenvalue weighted by Crippen LogP contribution is 2.31. The highest BCUT2D eigenvalue weighted by Gasteiger charge is 2.26. The molecule has 1 aromatic heterocycles. The van der Waals surface area contributed by atoms with Crippen LogP contribution < -0.4 is 4.90 Å². The van der Waals surface area contributed by atoms with E-state index in [0.717, 1.165) is 50.4 Å². The summed E-state index contributed by atoms with van der Waals surface area (Å²) in [6, 6.07) is 4.32. The molecule has 0 spiro atoms. The van der Waals surface area contributed by atoms with Gasteiger partial charge in [0.1, 0.15) is 16.5 Å². The molecule has 9 nitrogen and oxygen atoms in total. The van der Waals surface area contributed by atoms with Crippen LogP contribution in [0.25, 0.3) is 0 Å². The first-order chi connectivity index (χ1) is 12.6. The summed E-state index contributed by atoms with van der Waals surface area (Å²) in [4.78, 5) is 16.7. The molecule has 1 atom stereocenters. The summed E-state index contributed by atoms with van der Waals surface area (Å²) < 4.78 is 25.9. The fourth-order valence-corrected chi connectivity index (χ4v) is 4.43. The standard InChI is InChI=1S/C17H23N5O4S/c1-12-18-13(2)21(19-12)11-14-5-4-8-20(10-14)15-6-7-16(22(23)24)17(9-15)27(3,25)26/h6-7,9,14H,4-5,8,10-11H2,1-3H3. The Morgan fingerprint density at radius 1 is 1.33 bits per heavy atom. The number of sulfone groups is 1. The molecular formula is C17H23N5O4S. The zero-order valence-corrected chi connectivity index (χ0v) is 16.4. The number of nitro groups is 1. The molecule has 0 aliphatic carbocycles. The Morgan fingerprint density at radius 3 is 2.67 bits per heavy atom. The SMILES string of the molecule is Cc1nc(C)n(CC2CCCN(c3ccc([N+](=O)[O-])c(S(C)(=O)=O)c3)C2)n1. The van der Waals surface area contributed by atoms with Crippen LogP contribution in [0, 0.1) is 29.9 Å². The molecule has 2 aromatic rings. The number of rotatable bonds is 5. The second-order valence-electron chi connectivity index (χ2n) is 7.02. The van der Waals surface area contributed by atoms with E-state index in [0.29, 0.717) is 11.6 Å². The van der Waals surface area contributed by atoms with Crippen molar-refractivity contribution in [1.82, 2.24) is 14.8 Å². The van der Waals surface area contributed by atoms with E-state index in [-0.39, 0.29) is 10.6 Å². The summed E-state index contributed by atoms with van der Waals surface area (Å²) in [5.41, 5.74) is 0.306. The lowest BCUT2D eigenvalue weighted by atomic mass is 9.97. The van der Waals surface area contributed by atoms with Crippen LogP contribution in [0.2, 0.25) is 0 Å². The Labute approximate surface area is 158 Å². The smallest absolute Gasteiger partial charge is 0.288 e. The molecule has 0 radical (unpaired) electrons. The third-order valence-corrected chi connectivity index (χ3v) is 5.94. The van der Waals surface area contributed by atoms with Crippen molar-refractivity contribution in [3.8, 4) is 0 Å². The molecule has 0 amide bonds.